The Balaban J connectivity index is 1.49. The summed E-state index contributed by atoms with van der Waals surface area (Å²) in [5, 5.41) is 19.2. The first-order valence-corrected chi connectivity index (χ1v) is 16.2. The number of ether oxygens (including phenoxy) is 2. The second kappa shape index (κ2) is 16.9. The van der Waals surface area contributed by atoms with Crippen LogP contribution >= 0.6 is 0 Å². The lowest BCUT2D eigenvalue weighted by Gasteiger charge is -2.43. The van der Waals surface area contributed by atoms with Crippen molar-refractivity contribution in [1.82, 2.24) is 15.5 Å². The van der Waals surface area contributed by atoms with Crippen LogP contribution in [0, 0.1) is 11.8 Å². The summed E-state index contributed by atoms with van der Waals surface area (Å²) in [4.78, 5) is 15.6. The third-order valence-electron chi connectivity index (χ3n) is 9.25. The van der Waals surface area contributed by atoms with E-state index < -0.39 is 5.60 Å². The molecule has 2 fully saturated rings. The van der Waals surface area contributed by atoms with Crippen LogP contribution in [0.5, 0.6) is 5.75 Å². The molecular weight excluding hydrogens is 526 g/mol. The van der Waals surface area contributed by atoms with E-state index in [0.717, 1.165) is 49.8 Å². The maximum absolute atomic E-state index is 13.6. The second-order valence-electron chi connectivity index (χ2n) is 12.4. The number of carbonyl (C=O) groups is 1. The normalized spacial score (nSPS) is 20.1. The summed E-state index contributed by atoms with van der Waals surface area (Å²) in [5.74, 6) is 1.30. The molecular formula is C35H53N3O4. The van der Waals surface area contributed by atoms with Gasteiger partial charge in [0.25, 0.3) is 0 Å². The van der Waals surface area contributed by atoms with Gasteiger partial charge in [-0.1, -0.05) is 80.6 Å². The number of hydrogen-bond donors (Lipinski definition) is 3. The molecule has 1 heterocycles. The van der Waals surface area contributed by atoms with Gasteiger partial charge in [-0.2, -0.15) is 0 Å². The van der Waals surface area contributed by atoms with Crippen molar-refractivity contribution >= 4 is 6.03 Å². The number of nitrogens with zero attached hydrogens (tertiary/aromatic N) is 1. The van der Waals surface area contributed by atoms with Gasteiger partial charge < -0.3 is 30.1 Å². The fourth-order valence-corrected chi connectivity index (χ4v) is 6.97. The highest BCUT2D eigenvalue weighted by Crippen LogP contribution is 2.43. The van der Waals surface area contributed by atoms with Crippen LogP contribution in [-0.2, 0) is 16.9 Å². The number of nitrogens with one attached hydrogen (secondary N) is 2. The van der Waals surface area contributed by atoms with Gasteiger partial charge in [0.2, 0.25) is 0 Å². The van der Waals surface area contributed by atoms with Crippen LogP contribution in [-0.4, -0.2) is 62.5 Å². The molecule has 2 aliphatic rings. The fourth-order valence-electron chi connectivity index (χ4n) is 6.97. The molecule has 0 radical (unpaired) electrons. The monoisotopic (exact) mass is 579 g/mol. The van der Waals surface area contributed by atoms with Crippen molar-refractivity contribution in [3.63, 3.8) is 0 Å². The third kappa shape index (κ3) is 9.19. The Morgan fingerprint density at radius 3 is 2.55 bits per heavy atom. The van der Waals surface area contributed by atoms with Gasteiger partial charge in [-0.15, -0.1) is 0 Å². The number of amides is 2. The SMILES string of the molecule is CNC[C@H](CC1CCCCC1)NC(=O)N1CCC[C@@H]([C@@](O)(CCCCOC)c2ccccc2OCc2ccccc2)C1. The molecule has 1 aliphatic heterocycles. The largest absolute Gasteiger partial charge is 0.489 e. The Labute approximate surface area is 253 Å². The van der Waals surface area contributed by atoms with Gasteiger partial charge in [0.15, 0.2) is 0 Å². The first kappa shape index (κ1) is 32.3. The number of likely N-dealkylation sites (N-methyl/N-ethyl adjacent to an activating group) is 1. The van der Waals surface area contributed by atoms with Crippen LogP contribution in [0.25, 0.3) is 0 Å². The van der Waals surface area contributed by atoms with Crippen LogP contribution in [0.2, 0.25) is 0 Å². The number of carbonyl (C=O) groups excluding carboxylic acids is 1. The predicted octanol–water partition coefficient (Wildman–Crippen LogP) is 6.25. The molecule has 2 aromatic rings. The zero-order valence-corrected chi connectivity index (χ0v) is 25.9. The Hall–Kier alpha value is -2.61. The Kier molecular flexibility index (Phi) is 13.0. The van der Waals surface area contributed by atoms with Crippen molar-refractivity contribution < 1.29 is 19.4 Å². The molecule has 0 spiro atoms. The standard InChI is InChI=1S/C35H53N3O4/c1-36-25-31(24-28-14-5-3-6-15-28)37-34(39)38-22-13-18-30(26-38)35(40,21-11-12-23-41-2)32-19-9-10-20-33(32)42-27-29-16-7-4-8-17-29/h4,7-10,16-17,19-20,28,30-31,36,40H,3,5-6,11-15,18,21-27H2,1-2H3,(H,37,39)/t30-,31+,35+/m1/s1. The summed E-state index contributed by atoms with van der Waals surface area (Å²) in [6.45, 7) is 3.11. The number of methoxy groups -OCH3 is 1. The maximum atomic E-state index is 13.6. The molecule has 7 nitrogen and oxygen atoms in total. The number of hydrogen-bond acceptors (Lipinski definition) is 5. The van der Waals surface area contributed by atoms with Gasteiger partial charge >= 0.3 is 6.03 Å². The average Bonchev–Trinajstić information content (AvgIpc) is 3.03. The van der Waals surface area contributed by atoms with Crippen molar-refractivity contribution in [3.8, 4) is 5.75 Å². The van der Waals surface area contributed by atoms with Crippen LogP contribution in [0.15, 0.2) is 54.6 Å². The van der Waals surface area contributed by atoms with Crippen LogP contribution < -0.4 is 15.4 Å². The molecule has 3 atom stereocenters. The van der Waals surface area contributed by atoms with Crippen molar-refractivity contribution in [2.45, 2.75) is 88.9 Å². The molecule has 1 aliphatic carbocycles. The van der Waals surface area contributed by atoms with E-state index in [-0.39, 0.29) is 18.0 Å². The lowest BCUT2D eigenvalue weighted by atomic mass is 9.73. The predicted molar refractivity (Wildman–Crippen MR) is 169 cm³/mol. The summed E-state index contributed by atoms with van der Waals surface area (Å²) in [6.07, 6.45) is 11.5. The number of unbranched alkanes of at least 4 members (excludes halogenated alkanes) is 1. The summed E-state index contributed by atoms with van der Waals surface area (Å²) in [5.41, 5.74) is 0.781. The summed E-state index contributed by atoms with van der Waals surface area (Å²) < 4.78 is 11.6. The molecule has 4 rings (SSSR count). The Morgan fingerprint density at radius 1 is 1.02 bits per heavy atom. The minimum Gasteiger partial charge on any atom is -0.489 e. The Morgan fingerprint density at radius 2 is 1.79 bits per heavy atom. The molecule has 0 bridgehead atoms. The fraction of sp³-hybridized carbons (Fsp3) is 0.629. The summed E-state index contributed by atoms with van der Waals surface area (Å²) in [7, 11) is 3.67. The molecule has 3 N–H and O–H groups in total. The number of benzene rings is 2. The highest BCUT2D eigenvalue weighted by atomic mass is 16.5. The number of rotatable bonds is 15. The number of piperidine rings is 1. The molecule has 1 saturated heterocycles. The van der Waals surface area contributed by atoms with Gasteiger partial charge in [0, 0.05) is 50.9 Å². The van der Waals surface area contributed by atoms with Crippen LogP contribution in [0.1, 0.15) is 81.8 Å². The van der Waals surface area contributed by atoms with Crippen molar-refractivity contribution in [3.05, 3.63) is 65.7 Å². The van der Waals surface area contributed by atoms with Gasteiger partial charge in [-0.25, -0.2) is 4.79 Å². The van der Waals surface area contributed by atoms with Gasteiger partial charge in [-0.3, -0.25) is 0 Å². The number of para-hydroxylation sites is 1. The van der Waals surface area contributed by atoms with Gasteiger partial charge in [0.1, 0.15) is 12.4 Å². The Bertz CT molecular complexity index is 1060. The van der Waals surface area contributed by atoms with Gasteiger partial charge in [-0.05, 0) is 63.1 Å². The van der Waals surface area contributed by atoms with Crippen molar-refractivity contribution in [1.29, 1.82) is 0 Å². The smallest absolute Gasteiger partial charge is 0.317 e. The maximum Gasteiger partial charge on any atom is 0.317 e. The van der Waals surface area contributed by atoms with E-state index >= 15 is 0 Å². The molecule has 2 amide bonds. The second-order valence-corrected chi connectivity index (χ2v) is 12.4. The molecule has 42 heavy (non-hydrogen) atoms. The lowest BCUT2D eigenvalue weighted by Crippen LogP contribution is -2.54. The van der Waals surface area contributed by atoms with Crippen molar-refractivity contribution in [2.24, 2.45) is 11.8 Å². The average molecular weight is 580 g/mol. The number of likely N-dealkylation sites (tertiary alicyclic amines) is 1. The van der Waals surface area contributed by atoms with Crippen LogP contribution in [0.4, 0.5) is 4.79 Å². The van der Waals surface area contributed by atoms with Crippen LogP contribution in [0.3, 0.4) is 0 Å². The topological polar surface area (TPSA) is 83.1 Å². The van der Waals surface area contributed by atoms with E-state index in [0.29, 0.717) is 44.4 Å². The number of aliphatic hydroxyl groups is 1. The van der Waals surface area contributed by atoms with E-state index in [1.807, 2.05) is 66.5 Å². The molecule has 2 aromatic carbocycles. The van der Waals surface area contributed by atoms with E-state index in [1.54, 1.807) is 7.11 Å². The summed E-state index contributed by atoms with van der Waals surface area (Å²) >= 11 is 0. The minimum absolute atomic E-state index is 0.00824. The van der Waals surface area contributed by atoms with E-state index in [9.17, 15) is 9.90 Å². The zero-order valence-electron chi connectivity index (χ0n) is 25.9. The highest BCUT2D eigenvalue weighted by Gasteiger charge is 2.43. The van der Waals surface area contributed by atoms with Crippen molar-refractivity contribution in [2.75, 3.05) is 40.4 Å². The number of urea groups is 1. The minimum atomic E-state index is -1.12. The van der Waals surface area contributed by atoms with Gasteiger partial charge in [0.05, 0.1) is 5.60 Å². The molecule has 1 saturated carbocycles. The first-order chi connectivity index (χ1) is 20.5. The highest BCUT2D eigenvalue weighted by molar-refractivity contribution is 5.74. The molecule has 0 aromatic heterocycles. The van der Waals surface area contributed by atoms with E-state index in [1.165, 1.54) is 32.1 Å². The molecule has 7 heteroatoms. The molecule has 0 unspecified atom stereocenters. The zero-order chi connectivity index (χ0) is 29.6. The third-order valence-corrected chi connectivity index (χ3v) is 9.25. The van der Waals surface area contributed by atoms with E-state index in [2.05, 4.69) is 10.6 Å². The van der Waals surface area contributed by atoms with E-state index in [4.69, 9.17) is 9.47 Å². The molecule has 232 valence electrons. The first-order valence-electron chi connectivity index (χ1n) is 16.2. The summed E-state index contributed by atoms with van der Waals surface area (Å²) in [6, 6.07) is 18.1. The lowest BCUT2D eigenvalue weighted by molar-refractivity contribution is -0.0581. The quantitative estimate of drug-likeness (QED) is 0.217.